The number of rotatable bonds is 6. The number of hydrogen-bond donors (Lipinski definition) is 3. The molecule has 27 heavy (non-hydrogen) atoms. The Morgan fingerprint density at radius 2 is 1.89 bits per heavy atom. The van der Waals surface area contributed by atoms with Crippen molar-refractivity contribution in [1.29, 1.82) is 0 Å². The molecule has 0 saturated carbocycles. The molecule has 0 radical (unpaired) electrons. The van der Waals surface area contributed by atoms with Gasteiger partial charge in [-0.05, 0) is 61.0 Å². The number of fused-ring (bicyclic) bond motifs is 1. The van der Waals surface area contributed by atoms with E-state index >= 15 is 0 Å². The molecule has 0 fully saturated rings. The van der Waals surface area contributed by atoms with Crippen molar-refractivity contribution in [3.8, 4) is 5.75 Å². The second kappa shape index (κ2) is 8.40. The predicted molar refractivity (Wildman–Crippen MR) is 106 cm³/mol. The summed E-state index contributed by atoms with van der Waals surface area (Å²) in [6.07, 6.45) is 3.49. The van der Waals surface area contributed by atoms with Gasteiger partial charge in [0.1, 0.15) is 5.75 Å². The van der Waals surface area contributed by atoms with Gasteiger partial charge in [0, 0.05) is 30.4 Å². The van der Waals surface area contributed by atoms with Crippen molar-refractivity contribution in [2.75, 3.05) is 5.32 Å². The molecule has 0 spiro atoms. The first kappa shape index (κ1) is 18.5. The van der Waals surface area contributed by atoms with Crippen molar-refractivity contribution in [2.24, 2.45) is 0 Å². The molecule has 2 amide bonds. The monoisotopic (exact) mass is 365 g/mol. The molecule has 6 heteroatoms. The SMILES string of the molecule is CC(=O)Oc1ccc(CCC(C)NC(=O)Nc2ccc3cc[nH]c3c2)cc1. The molecule has 0 bridgehead atoms. The van der Waals surface area contributed by atoms with E-state index in [9.17, 15) is 9.59 Å². The first-order valence-corrected chi connectivity index (χ1v) is 8.91. The lowest BCUT2D eigenvalue weighted by atomic mass is 10.1. The zero-order valence-electron chi connectivity index (χ0n) is 15.4. The Labute approximate surface area is 157 Å². The number of ether oxygens (including phenoxy) is 1. The topological polar surface area (TPSA) is 83.2 Å². The highest BCUT2D eigenvalue weighted by molar-refractivity contribution is 5.92. The van der Waals surface area contributed by atoms with Crippen LogP contribution >= 0.6 is 0 Å². The average molecular weight is 365 g/mol. The summed E-state index contributed by atoms with van der Waals surface area (Å²) in [5, 5.41) is 6.91. The van der Waals surface area contributed by atoms with Gasteiger partial charge in [-0.3, -0.25) is 4.79 Å². The average Bonchev–Trinajstić information content (AvgIpc) is 3.08. The Morgan fingerprint density at radius 3 is 2.63 bits per heavy atom. The van der Waals surface area contributed by atoms with Crippen LogP contribution in [0, 0.1) is 0 Å². The summed E-state index contributed by atoms with van der Waals surface area (Å²) in [7, 11) is 0. The van der Waals surface area contributed by atoms with Gasteiger partial charge in [0.05, 0.1) is 0 Å². The number of aromatic nitrogens is 1. The maximum Gasteiger partial charge on any atom is 0.319 e. The Bertz CT molecular complexity index is 931. The van der Waals surface area contributed by atoms with Crippen LogP contribution in [0.1, 0.15) is 25.8 Å². The Kier molecular flexibility index (Phi) is 5.76. The molecule has 3 rings (SSSR count). The van der Waals surface area contributed by atoms with Crippen LogP contribution < -0.4 is 15.4 Å². The van der Waals surface area contributed by atoms with E-state index in [1.165, 1.54) is 6.92 Å². The maximum absolute atomic E-state index is 12.2. The summed E-state index contributed by atoms with van der Waals surface area (Å²) in [5.74, 6) is 0.206. The number of carbonyl (C=O) groups excluding carboxylic acids is 2. The normalized spacial score (nSPS) is 11.8. The zero-order valence-corrected chi connectivity index (χ0v) is 15.4. The largest absolute Gasteiger partial charge is 0.427 e. The lowest BCUT2D eigenvalue weighted by Crippen LogP contribution is -2.36. The van der Waals surface area contributed by atoms with E-state index in [-0.39, 0.29) is 18.0 Å². The lowest BCUT2D eigenvalue weighted by molar-refractivity contribution is -0.131. The molecule has 2 aromatic carbocycles. The first-order chi connectivity index (χ1) is 13.0. The van der Waals surface area contributed by atoms with Crippen LogP contribution in [0.25, 0.3) is 10.9 Å². The minimum absolute atomic E-state index is 0.0207. The molecule has 1 aromatic heterocycles. The van der Waals surface area contributed by atoms with Gasteiger partial charge < -0.3 is 20.4 Å². The van der Waals surface area contributed by atoms with E-state index in [0.29, 0.717) is 5.75 Å². The summed E-state index contributed by atoms with van der Waals surface area (Å²) < 4.78 is 5.02. The van der Waals surface area contributed by atoms with Crippen molar-refractivity contribution in [3.63, 3.8) is 0 Å². The third-order valence-corrected chi connectivity index (χ3v) is 4.24. The number of hydrogen-bond acceptors (Lipinski definition) is 3. The van der Waals surface area contributed by atoms with E-state index in [1.54, 1.807) is 12.1 Å². The van der Waals surface area contributed by atoms with E-state index in [0.717, 1.165) is 35.0 Å². The second-order valence-corrected chi connectivity index (χ2v) is 6.56. The number of aromatic amines is 1. The fourth-order valence-corrected chi connectivity index (χ4v) is 2.86. The van der Waals surface area contributed by atoms with E-state index in [1.807, 2.05) is 49.5 Å². The van der Waals surface area contributed by atoms with Crippen LogP contribution in [0.15, 0.2) is 54.7 Å². The number of nitrogens with one attached hydrogen (secondary N) is 3. The van der Waals surface area contributed by atoms with Gasteiger partial charge in [0.25, 0.3) is 0 Å². The van der Waals surface area contributed by atoms with Crippen LogP contribution in [-0.2, 0) is 11.2 Å². The highest BCUT2D eigenvalue weighted by atomic mass is 16.5. The second-order valence-electron chi connectivity index (χ2n) is 6.56. The number of carbonyl (C=O) groups is 2. The van der Waals surface area contributed by atoms with Gasteiger partial charge in [-0.1, -0.05) is 18.2 Å². The minimum atomic E-state index is -0.331. The summed E-state index contributed by atoms with van der Waals surface area (Å²) in [5.41, 5.74) is 2.85. The van der Waals surface area contributed by atoms with Gasteiger partial charge in [-0.15, -0.1) is 0 Å². The Balaban J connectivity index is 1.46. The third kappa shape index (κ3) is 5.34. The molecule has 1 heterocycles. The quantitative estimate of drug-likeness (QED) is 0.451. The smallest absolute Gasteiger partial charge is 0.319 e. The first-order valence-electron chi connectivity index (χ1n) is 8.91. The number of anilines is 1. The number of benzene rings is 2. The van der Waals surface area contributed by atoms with Crippen molar-refractivity contribution >= 4 is 28.6 Å². The molecule has 0 aliphatic carbocycles. The molecular weight excluding hydrogens is 342 g/mol. The summed E-state index contributed by atoms with van der Waals surface area (Å²) in [6.45, 7) is 3.35. The molecule has 3 N–H and O–H groups in total. The molecule has 6 nitrogen and oxygen atoms in total. The molecule has 140 valence electrons. The van der Waals surface area contributed by atoms with Crippen LogP contribution in [-0.4, -0.2) is 23.0 Å². The zero-order chi connectivity index (χ0) is 19.2. The third-order valence-electron chi connectivity index (χ3n) is 4.24. The fourth-order valence-electron chi connectivity index (χ4n) is 2.86. The van der Waals surface area contributed by atoms with E-state index < -0.39 is 0 Å². The van der Waals surface area contributed by atoms with Gasteiger partial charge in [0.15, 0.2) is 0 Å². The number of aryl methyl sites for hydroxylation is 1. The summed E-state index contributed by atoms with van der Waals surface area (Å²) in [4.78, 5) is 26.2. The highest BCUT2D eigenvalue weighted by Crippen LogP contribution is 2.18. The van der Waals surface area contributed by atoms with E-state index in [4.69, 9.17) is 4.74 Å². The van der Waals surface area contributed by atoms with Gasteiger partial charge in [-0.25, -0.2) is 4.79 Å². The van der Waals surface area contributed by atoms with E-state index in [2.05, 4.69) is 15.6 Å². The van der Waals surface area contributed by atoms with Crippen LogP contribution in [0.3, 0.4) is 0 Å². The summed E-state index contributed by atoms with van der Waals surface area (Å²) in [6, 6.07) is 14.9. The molecule has 0 aliphatic rings. The molecule has 1 atom stereocenters. The molecule has 1 unspecified atom stereocenters. The Hall–Kier alpha value is -3.28. The van der Waals surface area contributed by atoms with Crippen molar-refractivity contribution in [2.45, 2.75) is 32.7 Å². The number of urea groups is 1. The van der Waals surface area contributed by atoms with Crippen molar-refractivity contribution < 1.29 is 14.3 Å². The van der Waals surface area contributed by atoms with Gasteiger partial charge in [-0.2, -0.15) is 0 Å². The highest BCUT2D eigenvalue weighted by Gasteiger charge is 2.09. The van der Waals surface area contributed by atoms with Crippen molar-refractivity contribution in [3.05, 3.63) is 60.3 Å². The maximum atomic E-state index is 12.2. The minimum Gasteiger partial charge on any atom is -0.427 e. The number of H-pyrrole nitrogens is 1. The Morgan fingerprint density at radius 1 is 1.11 bits per heavy atom. The van der Waals surface area contributed by atoms with Crippen LogP contribution in [0.2, 0.25) is 0 Å². The van der Waals surface area contributed by atoms with Gasteiger partial charge in [0.2, 0.25) is 0 Å². The molecule has 3 aromatic rings. The molecular formula is C21H23N3O3. The van der Waals surface area contributed by atoms with Gasteiger partial charge >= 0.3 is 12.0 Å². The lowest BCUT2D eigenvalue weighted by Gasteiger charge is -2.15. The predicted octanol–water partition coefficient (Wildman–Crippen LogP) is 4.24. The molecule has 0 saturated heterocycles. The summed E-state index contributed by atoms with van der Waals surface area (Å²) >= 11 is 0. The van der Waals surface area contributed by atoms with Crippen LogP contribution in [0.4, 0.5) is 10.5 Å². The van der Waals surface area contributed by atoms with Crippen molar-refractivity contribution in [1.82, 2.24) is 10.3 Å². The number of esters is 1. The standard InChI is InChI=1S/C21H23N3O3/c1-14(3-4-16-5-9-19(10-6-16)27-15(2)25)23-21(26)24-18-8-7-17-11-12-22-20(17)13-18/h5-14,22H,3-4H2,1-2H3,(H2,23,24,26). The molecule has 0 aliphatic heterocycles. The van der Waals surface area contributed by atoms with Crippen LogP contribution in [0.5, 0.6) is 5.75 Å². The fraction of sp³-hybridized carbons (Fsp3) is 0.238. The number of amides is 2.